The van der Waals surface area contributed by atoms with Gasteiger partial charge in [-0.2, -0.15) is 0 Å². The molecule has 0 aliphatic heterocycles. The van der Waals surface area contributed by atoms with E-state index in [-0.39, 0.29) is 6.04 Å². The molecule has 120 valence electrons. The van der Waals surface area contributed by atoms with Gasteiger partial charge in [0, 0.05) is 6.20 Å². The van der Waals surface area contributed by atoms with Crippen LogP contribution in [-0.2, 0) is 0 Å². The third-order valence-corrected chi connectivity index (χ3v) is 4.08. The van der Waals surface area contributed by atoms with Gasteiger partial charge in [-0.3, -0.25) is 14.3 Å². The first-order chi connectivity index (χ1) is 11.6. The molecular formula is C20H18N2O2. The monoisotopic (exact) mass is 318 g/mol. The van der Waals surface area contributed by atoms with Gasteiger partial charge >= 0.3 is 5.69 Å². The van der Waals surface area contributed by atoms with Gasteiger partial charge in [0.25, 0.3) is 5.56 Å². The number of nitrogens with zero attached hydrogens (tertiary/aromatic N) is 1. The van der Waals surface area contributed by atoms with Crippen LogP contribution < -0.4 is 11.2 Å². The molecule has 3 rings (SSSR count). The van der Waals surface area contributed by atoms with Crippen LogP contribution in [0.5, 0.6) is 0 Å². The third kappa shape index (κ3) is 2.86. The van der Waals surface area contributed by atoms with Crippen molar-refractivity contribution < 1.29 is 0 Å². The van der Waals surface area contributed by atoms with Crippen molar-refractivity contribution >= 4 is 0 Å². The van der Waals surface area contributed by atoms with Crippen LogP contribution >= 0.6 is 0 Å². The molecule has 1 atom stereocenters. The van der Waals surface area contributed by atoms with Crippen molar-refractivity contribution in [1.29, 1.82) is 0 Å². The van der Waals surface area contributed by atoms with Crippen molar-refractivity contribution in [2.45, 2.75) is 13.0 Å². The number of hydrogen-bond acceptors (Lipinski definition) is 2. The number of allylic oxidation sites excluding steroid dienone is 1. The van der Waals surface area contributed by atoms with Gasteiger partial charge in [-0.15, -0.1) is 6.58 Å². The van der Waals surface area contributed by atoms with Crippen molar-refractivity contribution in [2.75, 3.05) is 0 Å². The molecule has 0 fully saturated rings. The lowest BCUT2D eigenvalue weighted by Crippen LogP contribution is -2.33. The molecule has 2 aromatic carbocycles. The topological polar surface area (TPSA) is 54.9 Å². The Morgan fingerprint density at radius 3 is 2.38 bits per heavy atom. The van der Waals surface area contributed by atoms with Crippen molar-refractivity contribution in [1.82, 2.24) is 9.55 Å². The second-order valence-corrected chi connectivity index (χ2v) is 5.61. The zero-order valence-electron chi connectivity index (χ0n) is 13.4. The smallest absolute Gasteiger partial charge is 0.289 e. The van der Waals surface area contributed by atoms with E-state index < -0.39 is 11.2 Å². The minimum Gasteiger partial charge on any atom is -0.289 e. The fourth-order valence-corrected chi connectivity index (χ4v) is 2.82. The van der Waals surface area contributed by atoms with Gasteiger partial charge in [0.05, 0.1) is 11.6 Å². The quantitative estimate of drug-likeness (QED) is 0.751. The Kier molecular flexibility index (Phi) is 4.29. The highest BCUT2D eigenvalue weighted by Crippen LogP contribution is 2.22. The first-order valence-electron chi connectivity index (χ1n) is 7.71. The van der Waals surface area contributed by atoms with E-state index in [2.05, 4.69) is 11.6 Å². The average molecular weight is 318 g/mol. The summed E-state index contributed by atoms with van der Waals surface area (Å²) >= 11 is 0. The maximum Gasteiger partial charge on any atom is 0.329 e. The van der Waals surface area contributed by atoms with Crippen LogP contribution in [0.4, 0.5) is 0 Å². The van der Waals surface area contributed by atoms with Crippen LogP contribution in [0.2, 0.25) is 0 Å². The maximum atomic E-state index is 12.4. The highest BCUT2D eigenvalue weighted by Gasteiger charge is 2.16. The molecule has 4 heteroatoms. The van der Waals surface area contributed by atoms with E-state index in [1.807, 2.05) is 61.5 Å². The van der Waals surface area contributed by atoms with Crippen LogP contribution in [0.1, 0.15) is 17.2 Å². The van der Waals surface area contributed by atoms with E-state index in [1.165, 1.54) is 4.57 Å². The van der Waals surface area contributed by atoms with Gasteiger partial charge in [-0.25, -0.2) is 4.79 Å². The zero-order valence-corrected chi connectivity index (χ0v) is 13.4. The number of aromatic nitrogens is 2. The van der Waals surface area contributed by atoms with E-state index in [4.69, 9.17) is 0 Å². The number of nitrogens with one attached hydrogen (secondary N) is 1. The minimum absolute atomic E-state index is 0.349. The molecule has 1 N–H and O–H groups in total. The second kappa shape index (κ2) is 6.54. The highest BCUT2D eigenvalue weighted by molar-refractivity contribution is 5.61. The fourth-order valence-electron chi connectivity index (χ4n) is 2.82. The van der Waals surface area contributed by atoms with Crippen molar-refractivity contribution in [3.8, 4) is 11.1 Å². The van der Waals surface area contributed by atoms with Crippen molar-refractivity contribution in [3.05, 3.63) is 105 Å². The SMILES string of the molecule is C=CC(c1ccccc1C)n1cc(-c2ccccc2)c(=O)[nH]c1=O. The Bertz CT molecular complexity index is 984. The predicted molar refractivity (Wildman–Crippen MR) is 96.3 cm³/mol. The van der Waals surface area contributed by atoms with Crippen LogP contribution in [0.15, 0.2) is 83.0 Å². The lowest BCUT2D eigenvalue weighted by atomic mass is 10.0. The first kappa shape index (κ1) is 15.7. The molecule has 0 saturated heterocycles. The molecule has 0 saturated carbocycles. The van der Waals surface area contributed by atoms with Gasteiger partial charge in [0.1, 0.15) is 0 Å². The standard InChI is InChI=1S/C20H18N2O2/c1-3-18(16-12-8-7-9-14(16)2)22-13-17(19(23)21-20(22)24)15-10-5-4-6-11-15/h3-13,18H,1H2,2H3,(H,21,23,24). The summed E-state index contributed by atoms with van der Waals surface area (Å²) in [6.45, 7) is 5.86. The molecule has 0 amide bonds. The molecule has 3 aromatic rings. The molecule has 0 spiro atoms. The summed E-state index contributed by atoms with van der Waals surface area (Å²) < 4.78 is 1.51. The highest BCUT2D eigenvalue weighted by atomic mass is 16.2. The average Bonchev–Trinajstić information content (AvgIpc) is 2.59. The van der Waals surface area contributed by atoms with Gasteiger partial charge in [-0.1, -0.05) is 60.7 Å². The molecule has 0 bridgehead atoms. The second-order valence-electron chi connectivity index (χ2n) is 5.61. The summed E-state index contributed by atoms with van der Waals surface area (Å²) in [5.41, 5.74) is 2.40. The molecular weight excluding hydrogens is 300 g/mol. The van der Waals surface area contributed by atoms with Crippen molar-refractivity contribution in [3.63, 3.8) is 0 Å². The van der Waals surface area contributed by atoms with E-state index in [9.17, 15) is 9.59 Å². The van der Waals surface area contributed by atoms with Crippen LogP contribution in [0.3, 0.4) is 0 Å². The van der Waals surface area contributed by atoms with Gasteiger partial charge in [0.15, 0.2) is 0 Å². The normalized spacial score (nSPS) is 11.9. The molecule has 24 heavy (non-hydrogen) atoms. The van der Waals surface area contributed by atoms with Crippen LogP contribution in [0.25, 0.3) is 11.1 Å². The Hall–Kier alpha value is -3.14. The summed E-state index contributed by atoms with van der Waals surface area (Å²) in [4.78, 5) is 27.0. The number of aryl methyl sites for hydroxylation is 1. The van der Waals surface area contributed by atoms with Gasteiger partial charge < -0.3 is 0 Å². The number of benzene rings is 2. The molecule has 1 heterocycles. The van der Waals surface area contributed by atoms with Crippen molar-refractivity contribution in [2.24, 2.45) is 0 Å². The van der Waals surface area contributed by atoms with E-state index in [0.717, 1.165) is 16.7 Å². The van der Waals surface area contributed by atoms with E-state index >= 15 is 0 Å². The Balaban J connectivity index is 2.21. The summed E-state index contributed by atoms with van der Waals surface area (Å²) in [7, 11) is 0. The molecule has 4 nitrogen and oxygen atoms in total. The van der Waals surface area contributed by atoms with Crippen LogP contribution in [0, 0.1) is 6.92 Å². The number of H-pyrrole nitrogens is 1. The molecule has 1 aromatic heterocycles. The maximum absolute atomic E-state index is 12.4. The number of hydrogen-bond donors (Lipinski definition) is 1. The molecule has 0 radical (unpaired) electrons. The molecule has 0 aliphatic carbocycles. The lowest BCUT2D eigenvalue weighted by Gasteiger charge is -2.19. The Morgan fingerprint density at radius 2 is 1.71 bits per heavy atom. The zero-order chi connectivity index (χ0) is 17.1. The van der Waals surface area contributed by atoms with Gasteiger partial charge in [0.2, 0.25) is 0 Å². The number of rotatable bonds is 4. The molecule has 1 unspecified atom stereocenters. The molecule has 0 aliphatic rings. The Labute approximate surface area is 139 Å². The summed E-state index contributed by atoms with van der Waals surface area (Å²) in [5, 5.41) is 0. The van der Waals surface area contributed by atoms with E-state index in [0.29, 0.717) is 5.56 Å². The summed E-state index contributed by atoms with van der Waals surface area (Å²) in [6, 6.07) is 16.8. The third-order valence-electron chi connectivity index (χ3n) is 4.08. The largest absolute Gasteiger partial charge is 0.329 e. The summed E-state index contributed by atoms with van der Waals surface area (Å²) in [5.74, 6) is 0. The summed E-state index contributed by atoms with van der Waals surface area (Å²) in [6.07, 6.45) is 3.31. The van der Waals surface area contributed by atoms with Crippen LogP contribution in [-0.4, -0.2) is 9.55 Å². The fraction of sp³-hybridized carbons (Fsp3) is 0.100. The van der Waals surface area contributed by atoms with E-state index in [1.54, 1.807) is 12.3 Å². The lowest BCUT2D eigenvalue weighted by molar-refractivity contribution is 0.643. The first-order valence-corrected chi connectivity index (χ1v) is 7.71. The minimum atomic E-state index is -0.451. The predicted octanol–water partition coefficient (Wildman–Crippen LogP) is 3.29. The Morgan fingerprint density at radius 1 is 1.04 bits per heavy atom. The van der Waals surface area contributed by atoms with Gasteiger partial charge in [-0.05, 0) is 23.6 Å². The number of aromatic amines is 1.